The summed E-state index contributed by atoms with van der Waals surface area (Å²) >= 11 is 0. The van der Waals surface area contributed by atoms with E-state index in [4.69, 9.17) is 0 Å². The molecular formula is C12H24N2. The number of hydrogen-bond donors (Lipinski definition) is 1. The molecule has 0 amide bonds. The lowest BCUT2D eigenvalue weighted by Gasteiger charge is -2.43. The summed E-state index contributed by atoms with van der Waals surface area (Å²) in [5.41, 5.74) is 0. The summed E-state index contributed by atoms with van der Waals surface area (Å²) < 4.78 is 0. The van der Waals surface area contributed by atoms with E-state index in [0.717, 1.165) is 23.8 Å². The minimum Gasteiger partial charge on any atom is -0.319 e. The van der Waals surface area contributed by atoms with Crippen molar-refractivity contribution in [2.75, 3.05) is 26.7 Å². The number of rotatable bonds is 3. The van der Waals surface area contributed by atoms with Gasteiger partial charge in [-0.05, 0) is 44.2 Å². The van der Waals surface area contributed by atoms with E-state index in [2.05, 4.69) is 31.1 Å². The summed E-state index contributed by atoms with van der Waals surface area (Å²) in [6.45, 7) is 8.69. The molecule has 2 rings (SSSR count). The van der Waals surface area contributed by atoms with Gasteiger partial charge < -0.3 is 5.32 Å². The van der Waals surface area contributed by atoms with Gasteiger partial charge >= 0.3 is 0 Å². The number of likely N-dealkylation sites (tertiary alicyclic amines) is 1. The van der Waals surface area contributed by atoms with Gasteiger partial charge in [-0.25, -0.2) is 0 Å². The maximum absolute atomic E-state index is 3.32. The van der Waals surface area contributed by atoms with Gasteiger partial charge in [0.25, 0.3) is 0 Å². The molecule has 4 unspecified atom stereocenters. The molecule has 2 nitrogen and oxygen atoms in total. The van der Waals surface area contributed by atoms with Gasteiger partial charge in [0.2, 0.25) is 0 Å². The second-order valence-electron chi connectivity index (χ2n) is 5.37. The predicted octanol–water partition coefficient (Wildman–Crippen LogP) is 1.57. The molecule has 0 aromatic carbocycles. The molecule has 1 aliphatic carbocycles. The Morgan fingerprint density at radius 1 is 1.14 bits per heavy atom. The fourth-order valence-electron chi connectivity index (χ4n) is 2.98. The van der Waals surface area contributed by atoms with Crippen molar-refractivity contribution >= 4 is 0 Å². The van der Waals surface area contributed by atoms with Crippen LogP contribution in [-0.2, 0) is 0 Å². The lowest BCUT2D eigenvalue weighted by Crippen LogP contribution is -2.49. The first-order chi connectivity index (χ1) is 6.72. The van der Waals surface area contributed by atoms with Crippen LogP contribution >= 0.6 is 0 Å². The first-order valence-electron chi connectivity index (χ1n) is 6.11. The largest absolute Gasteiger partial charge is 0.319 e. The van der Waals surface area contributed by atoms with Crippen LogP contribution in [-0.4, -0.2) is 37.6 Å². The maximum Gasteiger partial charge on any atom is 0.0136 e. The molecule has 0 spiro atoms. The van der Waals surface area contributed by atoms with Gasteiger partial charge in [0.15, 0.2) is 0 Å². The van der Waals surface area contributed by atoms with Crippen molar-refractivity contribution < 1.29 is 0 Å². The number of nitrogens with one attached hydrogen (secondary N) is 1. The minimum absolute atomic E-state index is 0.898. The first-order valence-corrected chi connectivity index (χ1v) is 6.11. The van der Waals surface area contributed by atoms with Crippen LogP contribution in [0, 0.1) is 17.8 Å². The molecule has 82 valence electrons. The van der Waals surface area contributed by atoms with Gasteiger partial charge in [-0.15, -0.1) is 0 Å². The van der Waals surface area contributed by atoms with Crippen LogP contribution in [0.5, 0.6) is 0 Å². The van der Waals surface area contributed by atoms with Crippen LogP contribution in [0.4, 0.5) is 0 Å². The zero-order chi connectivity index (χ0) is 10.1. The Kier molecular flexibility index (Phi) is 3.13. The third kappa shape index (κ3) is 1.82. The summed E-state index contributed by atoms with van der Waals surface area (Å²) in [6.07, 6.45) is 2.87. The maximum atomic E-state index is 3.32. The van der Waals surface area contributed by atoms with Crippen LogP contribution in [0.2, 0.25) is 0 Å². The van der Waals surface area contributed by atoms with Crippen molar-refractivity contribution in [3.05, 3.63) is 0 Å². The van der Waals surface area contributed by atoms with Gasteiger partial charge in [-0.2, -0.15) is 0 Å². The highest BCUT2D eigenvalue weighted by Crippen LogP contribution is 2.36. The van der Waals surface area contributed by atoms with Gasteiger partial charge in [0, 0.05) is 19.1 Å². The SMILES string of the molecule is CNCC1CCC1N1CC(C)C(C)C1. The summed E-state index contributed by atoms with van der Waals surface area (Å²) in [5, 5.41) is 3.32. The van der Waals surface area contributed by atoms with E-state index >= 15 is 0 Å². The second-order valence-corrected chi connectivity index (χ2v) is 5.37. The molecule has 4 atom stereocenters. The van der Waals surface area contributed by atoms with Gasteiger partial charge in [0.05, 0.1) is 0 Å². The molecule has 0 aromatic rings. The quantitative estimate of drug-likeness (QED) is 0.737. The molecule has 1 heterocycles. The molecule has 2 heteroatoms. The zero-order valence-electron chi connectivity index (χ0n) is 9.79. The number of nitrogens with zero attached hydrogens (tertiary/aromatic N) is 1. The smallest absolute Gasteiger partial charge is 0.0136 e. The van der Waals surface area contributed by atoms with Crippen molar-refractivity contribution in [2.45, 2.75) is 32.7 Å². The highest BCUT2D eigenvalue weighted by molar-refractivity contribution is 4.93. The Hall–Kier alpha value is -0.0800. The van der Waals surface area contributed by atoms with Crippen LogP contribution in [0.15, 0.2) is 0 Å². The van der Waals surface area contributed by atoms with Crippen LogP contribution in [0.1, 0.15) is 26.7 Å². The normalized spacial score (nSPS) is 43.9. The summed E-state index contributed by atoms with van der Waals surface area (Å²) in [5.74, 6) is 2.74. The molecular weight excluding hydrogens is 172 g/mol. The Bertz CT molecular complexity index is 183. The monoisotopic (exact) mass is 196 g/mol. The summed E-state index contributed by atoms with van der Waals surface area (Å²) in [7, 11) is 2.07. The van der Waals surface area contributed by atoms with Gasteiger partial charge in [0.1, 0.15) is 0 Å². The van der Waals surface area contributed by atoms with E-state index in [1.807, 2.05) is 0 Å². The molecule has 2 fully saturated rings. The van der Waals surface area contributed by atoms with Crippen molar-refractivity contribution in [3.8, 4) is 0 Å². The van der Waals surface area contributed by atoms with Crippen molar-refractivity contribution in [2.24, 2.45) is 17.8 Å². The lowest BCUT2D eigenvalue weighted by molar-refractivity contribution is 0.0791. The Morgan fingerprint density at radius 3 is 2.21 bits per heavy atom. The second kappa shape index (κ2) is 4.19. The standard InChI is InChI=1S/C12H24N2/c1-9-7-14(8-10(9)2)12-5-4-11(12)6-13-3/h9-13H,4-8H2,1-3H3. The van der Waals surface area contributed by atoms with Crippen molar-refractivity contribution in [3.63, 3.8) is 0 Å². The topological polar surface area (TPSA) is 15.3 Å². The molecule has 0 aromatic heterocycles. The van der Waals surface area contributed by atoms with Gasteiger partial charge in [-0.3, -0.25) is 4.90 Å². The highest BCUT2D eigenvalue weighted by atomic mass is 15.2. The Morgan fingerprint density at radius 2 is 1.79 bits per heavy atom. The summed E-state index contributed by atoms with van der Waals surface area (Å²) in [6, 6.07) is 0.898. The van der Waals surface area contributed by atoms with Crippen molar-refractivity contribution in [1.82, 2.24) is 10.2 Å². The summed E-state index contributed by atoms with van der Waals surface area (Å²) in [4.78, 5) is 2.74. The molecule has 1 aliphatic heterocycles. The fourth-order valence-corrected chi connectivity index (χ4v) is 2.98. The molecule has 1 N–H and O–H groups in total. The third-order valence-corrected chi connectivity index (χ3v) is 4.33. The molecule has 0 bridgehead atoms. The lowest BCUT2D eigenvalue weighted by atomic mass is 9.78. The van der Waals surface area contributed by atoms with E-state index in [-0.39, 0.29) is 0 Å². The van der Waals surface area contributed by atoms with E-state index < -0.39 is 0 Å². The van der Waals surface area contributed by atoms with Crippen LogP contribution < -0.4 is 5.32 Å². The third-order valence-electron chi connectivity index (χ3n) is 4.33. The average Bonchev–Trinajstić information content (AvgIpc) is 2.40. The Balaban J connectivity index is 1.84. The molecule has 2 aliphatic rings. The van der Waals surface area contributed by atoms with E-state index in [1.54, 1.807) is 0 Å². The average molecular weight is 196 g/mol. The predicted molar refractivity (Wildman–Crippen MR) is 60.3 cm³/mol. The Labute approximate surface area is 88.1 Å². The van der Waals surface area contributed by atoms with Crippen molar-refractivity contribution in [1.29, 1.82) is 0 Å². The van der Waals surface area contributed by atoms with E-state index in [0.29, 0.717) is 0 Å². The number of hydrogen-bond acceptors (Lipinski definition) is 2. The zero-order valence-corrected chi connectivity index (χ0v) is 9.79. The van der Waals surface area contributed by atoms with Crippen LogP contribution in [0.3, 0.4) is 0 Å². The van der Waals surface area contributed by atoms with E-state index in [9.17, 15) is 0 Å². The first kappa shape index (κ1) is 10.4. The molecule has 0 radical (unpaired) electrons. The van der Waals surface area contributed by atoms with E-state index in [1.165, 1.54) is 32.5 Å². The van der Waals surface area contributed by atoms with Crippen LogP contribution in [0.25, 0.3) is 0 Å². The molecule has 1 saturated heterocycles. The van der Waals surface area contributed by atoms with Gasteiger partial charge in [-0.1, -0.05) is 13.8 Å². The highest BCUT2D eigenvalue weighted by Gasteiger charge is 2.39. The molecule has 1 saturated carbocycles. The fraction of sp³-hybridized carbons (Fsp3) is 1.00. The minimum atomic E-state index is 0.898. The molecule has 14 heavy (non-hydrogen) atoms.